The van der Waals surface area contributed by atoms with Crippen LogP contribution in [0.4, 0.5) is 0 Å². The number of aromatic nitrogens is 1. The van der Waals surface area contributed by atoms with Crippen molar-refractivity contribution < 1.29 is 15.0 Å². The van der Waals surface area contributed by atoms with E-state index in [1.54, 1.807) is 10.6 Å². The SMILES string of the molecule is CCCCCCCCCn1c(O)cc(SCCN(C=O)C2CCCCC2)c1O. The Balaban J connectivity index is 1.73. The van der Waals surface area contributed by atoms with E-state index in [9.17, 15) is 15.0 Å². The van der Waals surface area contributed by atoms with E-state index in [0.717, 1.165) is 37.8 Å². The number of nitrogens with zero attached hydrogens (tertiary/aromatic N) is 2. The first-order chi connectivity index (χ1) is 13.7. The molecule has 0 bridgehead atoms. The fourth-order valence-corrected chi connectivity index (χ4v) is 5.00. The number of rotatable bonds is 14. The van der Waals surface area contributed by atoms with Gasteiger partial charge < -0.3 is 15.1 Å². The molecular formula is C22H38N2O3S. The van der Waals surface area contributed by atoms with Gasteiger partial charge in [0.1, 0.15) is 0 Å². The quantitative estimate of drug-likeness (QED) is 0.240. The summed E-state index contributed by atoms with van der Waals surface area (Å²) in [6.45, 7) is 3.55. The maximum atomic E-state index is 11.4. The molecule has 6 heteroatoms. The van der Waals surface area contributed by atoms with Crippen LogP contribution in [0.25, 0.3) is 0 Å². The zero-order valence-corrected chi connectivity index (χ0v) is 18.3. The first kappa shape index (κ1) is 23.0. The summed E-state index contributed by atoms with van der Waals surface area (Å²) in [5.41, 5.74) is 0. The van der Waals surface area contributed by atoms with Crippen molar-refractivity contribution in [1.29, 1.82) is 0 Å². The first-order valence-electron chi connectivity index (χ1n) is 11.1. The monoisotopic (exact) mass is 410 g/mol. The minimum atomic E-state index is 0.130. The number of aromatic hydroxyl groups is 2. The number of hydrogen-bond donors (Lipinski definition) is 2. The molecule has 0 aromatic carbocycles. The predicted molar refractivity (Wildman–Crippen MR) is 116 cm³/mol. The molecule has 1 aromatic heterocycles. The summed E-state index contributed by atoms with van der Waals surface area (Å²) in [7, 11) is 0. The zero-order valence-electron chi connectivity index (χ0n) is 17.4. The highest BCUT2D eigenvalue weighted by Gasteiger charge is 2.20. The largest absolute Gasteiger partial charge is 0.494 e. The molecular weight excluding hydrogens is 372 g/mol. The minimum Gasteiger partial charge on any atom is -0.494 e. The number of thioether (sulfide) groups is 1. The minimum absolute atomic E-state index is 0.130. The van der Waals surface area contributed by atoms with Crippen LogP contribution < -0.4 is 0 Å². The van der Waals surface area contributed by atoms with Crippen LogP contribution in [0.5, 0.6) is 11.8 Å². The van der Waals surface area contributed by atoms with Crippen LogP contribution >= 0.6 is 11.8 Å². The van der Waals surface area contributed by atoms with Gasteiger partial charge in [0.25, 0.3) is 0 Å². The Morgan fingerprint density at radius 3 is 2.46 bits per heavy atom. The Kier molecular flexibility index (Phi) is 10.7. The van der Waals surface area contributed by atoms with Gasteiger partial charge in [-0.3, -0.25) is 9.36 Å². The molecule has 2 N–H and O–H groups in total. The summed E-state index contributed by atoms with van der Waals surface area (Å²) in [6.07, 6.45) is 15.3. The van der Waals surface area contributed by atoms with Gasteiger partial charge in [-0.05, 0) is 19.3 Å². The third-order valence-corrected chi connectivity index (χ3v) is 6.78. The van der Waals surface area contributed by atoms with Crippen LogP contribution in [0, 0.1) is 0 Å². The molecule has 1 aliphatic rings. The van der Waals surface area contributed by atoms with Crippen LogP contribution in [0.15, 0.2) is 11.0 Å². The van der Waals surface area contributed by atoms with Crippen molar-refractivity contribution >= 4 is 18.2 Å². The second-order valence-electron chi connectivity index (χ2n) is 7.95. The van der Waals surface area contributed by atoms with Gasteiger partial charge in [-0.15, -0.1) is 11.8 Å². The molecule has 28 heavy (non-hydrogen) atoms. The molecule has 2 rings (SSSR count). The van der Waals surface area contributed by atoms with Gasteiger partial charge >= 0.3 is 0 Å². The normalized spacial score (nSPS) is 15.0. The first-order valence-corrected chi connectivity index (χ1v) is 12.1. The average molecular weight is 411 g/mol. The Labute approximate surface area is 174 Å². The number of amides is 1. The van der Waals surface area contributed by atoms with Crippen molar-refractivity contribution in [1.82, 2.24) is 9.47 Å². The van der Waals surface area contributed by atoms with Crippen LogP contribution in [0.3, 0.4) is 0 Å². The van der Waals surface area contributed by atoms with Gasteiger partial charge in [0.15, 0.2) is 5.88 Å². The van der Waals surface area contributed by atoms with Crippen LogP contribution in [0.2, 0.25) is 0 Å². The summed E-state index contributed by atoms with van der Waals surface area (Å²) in [6, 6.07) is 2.02. The van der Waals surface area contributed by atoms with Gasteiger partial charge in [-0.2, -0.15) is 0 Å². The maximum Gasteiger partial charge on any atom is 0.209 e. The van der Waals surface area contributed by atoms with E-state index in [1.165, 1.54) is 63.1 Å². The number of carbonyl (C=O) groups is 1. The van der Waals surface area contributed by atoms with Gasteiger partial charge in [0.05, 0.1) is 4.90 Å². The van der Waals surface area contributed by atoms with Gasteiger partial charge in [-0.1, -0.05) is 64.7 Å². The molecule has 5 nitrogen and oxygen atoms in total. The smallest absolute Gasteiger partial charge is 0.209 e. The van der Waals surface area contributed by atoms with Crippen molar-refractivity contribution in [2.45, 2.75) is 101 Å². The van der Waals surface area contributed by atoms with E-state index >= 15 is 0 Å². The Hall–Kier alpha value is -1.30. The number of carbonyl (C=O) groups excluding carboxylic acids is 1. The third-order valence-electron chi connectivity index (χ3n) is 5.78. The molecule has 1 aromatic rings. The molecule has 0 spiro atoms. The Bertz CT molecular complexity index is 570. The van der Waals surface area contributed by atoms with Gasteiger partial charge in [0.2, 0.25) is 12.3 Å². The zero-order chi connectivity index (χ0) is 20.2. The molecule has 0 saturated heterocycles. The standard InChI is InChI=1S/C22H38N2O3S/c1-2-3-4-5-6-7-11-14-24-21(26)17-20(22(24)27)28-16-15-23(18-25)19-12-9-8-10-13-19/h17-19,26-27H,2-16H2,1H3. The fraction of sp³-hybridized carbons (Fsp3) is 0.773. The highest BCUT2D eigenvalue weighted by molar-refractivity contribution is 7.99. The number of unbranched alkanes of at least 4 members (excludes halogenated alkanes) is 6. The molecule has 0 atom stereocenters. The van der Waals surface area contributed by atoms with Gasteiger partial charge in [-0.25, -0.2) is 0 Å². The highest BCUT2D eigenvalue weighted by Crippen LogP contribution is 2.36. The highest BCUT2D eigenvalue weighted by atomic mass is 32.2. The van der Waals surface area contributed by atoms with Crippen molar-refractivity contribution in [2.24, 2.45) is 0 Å². The van der Waals surface area contributed by atoms with Crippen LogP contribution in [-0.4, -0.2) is 44.4 Å². The molecule has 1 heterocycles. The number of hydrogen-bond acceptors (Lipinski definition) is 4. The lowest BCUT2D eigenvalue weighted by molar-refractivity contribution is -0.120. The molecule has 1 amide bonds. The fourth-order valence-electron chi connectivity index (χ4n) is 4.05. The summed E-state index contributed by atoms with van der Waals surface area (Å²) in [5, 5.41) is 20.6. The van der Waals surface area contributed by atoms with E-state index in [0.29, 0.717) is 24.0 Å². The molecule has 1 saturated carbocycles. The summed E-state index contributed by atoms with van der Waals surface area (Å²) in [4.78, 5) is 14.0. The molecule has 160 valence electrons. The third kappa shape index (κ3) is 7.26. The van der Waals surface area contributed by atoms with E-state index in [4.69, 9.17) is 0 Å². The summed E-state index contributed by atoms with van der Waals surface area (Å²) < 4.78 is 1.60. The van der Waals surface area contributed by atoms with Gasteiger partial charge in [0, 0.05) is 31.0 Å². The molecule has 0 radical (unpaired) electrons. The van der Waals surface area contributed by atoms with Crippen LogP contribution in [0.1, 0.15) is 84.0 Å². The van der Waals surface area contributed by atoms with Crippen molar-refractivity contribution in [2.75, 3.05) is 12.3 Å². The summed E-state index contributed by atoms with van der Waals surface area (Å²) >= 11 is 1.51. The molecule has 1 aliphatic carbocycles. The van der Waals surface area contributed by atoms with Crippen molar-refractivity contribution in [3.63, 3.8) is 0 Å². The van der Waals surface area contributed by atoms with E-state index in [-0.39, 0.29) is 11.8 Å². The lowest BCUT2D eigenvalue weighted by atomic mass is 9.94. The lowest BCUT2D eigenvalue weighted by Crippen LogP contribution is -2.37. The molecule has 0 unspecified atom stereocenters. The predicted octanol–water partition coefficient (Wildman–Crippen LogP) is 5.53. The average Bonchev–Trinajstić information content (AvgIpc) is 2.98. The van der Waals surface area contributed by atoms with E-state index in [1.807, 2.05) is 4.90 Å². The lowest BCUT2D eigenvalue weighted by Gasteiger charge is -2.31. The van der Waals surface area contributed by atoms with E-state index in [2.05, 4.69) is 6.92 Å². The molecule has 0 aliphatic heterocycles. The van der Waals surface area contributed by atoms with Crippen molar-refractivity contribution in [3.8, 4) is 11.8 Å². The molecule has 1 fully saturated rings. The van der Waals surface area contributed by atoms with Crippen molar-refractivity contribution in [3.05, 3.63) is 6.07 Å². The maximum absolute atomic E-state index is 11.4. The Morgan fingerprint density at radius 1 is 1.11 bits per heavy atom. The van der Waals surface area contributed by atoms with Crippen LogP contribution in [-0.2, 0) is 11.3 Å². The Morgan fingerprint density at radius 2 is 1.79 bits per heavy atom. The summed E-state index contributed by atoms with van der Waals surface area (Å²) in [5.74, 6) is 1.01. The van der Waals surface area contributed by atoms with E-state index < -0.39 is 0 Å². The second kappa shape index (κ2) is 13.0. The second-order valence-corrected chi connectivity index (χ2v) is 9.08. The topological polar surface area (TPSA) is 65.7 Å².